The molecule has 0 radical (unpaired) electrons. The number of hydrogen-bond acceptors (Lipinski definition) is 4. The zero-order valence-electron chi connectivity index (χ0n) is 12.0. The fourth-order valence-electron chi connectivity index (χ4n) is 2.69. The van der Waals surface area contributed by atoms with Crippen molar-refractivity contribution in [2.45, 2.75) is 69.4 Å². The zero-order valence-corrected chi connectivity index (χ0v) is 12.0. The van der Waals surface area contributed by atoms with Gasteiger partial charge < -0.3 is 9.84 Å². The van der Waals surface area contributed by atoms with Gasteiger partial charge in [0.05, 0.1) is 0 Å². The molecular weight excluding hydrogens is 322 g/mol. The van der Waals surface area contributed by atoms with Crippen LogP contribution >= 0.6 is 0 Å². The van der Waals surface area contributed by atoms with Gasteiger partial charge in [0, 0.05) is 5.92 Å². The van der Waals surface area contributed by atoms with E-state index >= 15 is 0 Å². The highest BCUT2D eigenvalue weighted by Crippen LogP contribution is 2.58. The van der Waals surface area contributed by atoms with Crippen LogP contribution in [0, 0.1) is 5.92 Å². The van der Waals surface area contributed by atoms with Crippen molar-refractivity contribution < 1.29 is 46.3 Å². The number of hydrogen-bond donors (Lipinski definition) is 2. The third-order valence-electron chi connectivity index (χ3n) is 3.89. The van der Waals surface area contributed by atoms with Gasteiger partial charge in [-0.3, -0.25) is 5.26 Å². The van der Waals surface area contributed by atoms with Crippen LogP contribution in [0.1, 0.15) is 39.5 Å². The van der Waals surface area contributed by atoms with Gasteiger partial charge in [0.1, 0.15) is 0 Å². The molecule has 1 aliphatic carbocycles. The van der Waals surface area contributed by atoms with E-state index in [1.807, 2.05) is 0 Å². The maximum atomic E-state index is 13.4. The maximum Gasteiger partial charge on any atom is 0.429 e. The van der Waals surface area contributed by atoms with Crippen LogP contribution in [0.5, 0.6) is 0 Å². The Hall–Kier alpha value is -0.580. The Morgan fingerprint density at radius 3 is 1.64 bits per heavy atom. The molecule has 1 unspecified atom stereocenters. The average molecular weight is 340 g/mol. The van der Waals surface area contributed by atoms with Gasteiger partial charge in [0.2, 0.25) is 0 Å². The van der Waals surface area contributed by atoms with Crippen LogP contribution in [-0.4, -0.2) is 40.2 Å². The standard InChI is InChI=1S/C12H18F6O4/c1-7(2)8(19)21-10(11(13,14)15,12(16,17)18)9(22-20)5-3-4-6-9/h7-8,19-20H,3-6H2,1-2H3. The second-order valence-electron chi connectivity index (χ2n) is 5.72. The first-order valence-corrected chi connectivity index (χ1v) is 6.66. The van der Waals surface area contributed by atoms with Crippen molar-refractivity contribution in [3.8, 4) is 0 Å². The summed E-state index contributed by atoms with van der Waals surface area (Å²) < 4.78 is 84.7. The van der Waals surface area contributed by atoms with Crippen LogP contribution in [0.3, 0.4) is 0 Å². The molecule has 4 nitrogen and oxygen atoms in total. The molecule has 1 aliphatic rings. The smallest absolute Gasteiger partial charge is 0.368 e. The van der Waals surface area contributed by atoms with Crippen LogP contribution < -0.4 is 0 Å². The lowest BCUT2D eigenvalue weighted by Crippen LogP contribution is -2.73. The third-order valence-corrected chi connectivity index (χ3v) is 3.89. The van der Waals surface area contributed by atoms with E-state index in [1.165, 1.54) is 13.8 Å². The van der Waals surface area contributed by atoms with Gasteiger partial charge in [-0.2, -0.15) is 26.3 Å². The predicted molar refractivity (Wildman–Crippen MR) is 61.7 cm³/mol. The van der Waals surface area contributed by atoms with E-state index in [4.69, 9.17) is 5.26 Å². The molecule has 0 saturated heterocycles. The van der Waals surface area contributed by atoms with Gasteiger partial charge in [0.25, 0.3) is 5.60 Å². The topological polar surface area (TPSA) is 58.9 Å². The predicted octanol–water partition coefficient (Wildman–Crippen LogP) is 3.64. The van der Waals surface area contributed by atoms with Crippen LogP contribution in [0.2, 0.25) is 0 Å². The number of rotatable bonds is 5. The van der Waals surface area contributed by atoms with Gasteiger partial charge in [-0.25, -0.2) is 4.89 Å². The van der Waals surface area contributed by atoms with E-state index in [0.717, 1.165) is 0 Å². The summed E-state index contributed by atoms with van der Waals surface area (Å²) in [5, 5.41) is 18.4. The molecule has 0 spiro atoms. The highest BCUT2D eigenvalue weighted by molar-refractivity contribution is 5.13. The monoisotopic (exact) mass is 340 g/mol. The van der Waals surface area contributed by atoms with E-state index in [0.29, 0.717) is 0 Å². The second-order valence-corrected chi connectivity index (χ2v) is 5.72. The number of aliphatic hydroxyl groups excluding tert-OH is 1. The molecule has 0 amide bonds. The van der Waals surface area contributed by atoms with Crippen molar-refractivity contribution in [3.63, 3.8) is 0 Å². The zero-order chi connectivity index (χ0) is 17.4. The number of ether oxygens (including phenoxy) is 1. The average Bonchev–Trinajstić information content (AvgIpc) is 2.82. The Morgan fingerprint density at radius 1 is 0.955 bits per heavy atom. The number of aliphatic hydroxyl groups is 1. The molecule has 1 saturated carbocycles. The van der Waals surface area contributed by atoms with Crippen molar-refractivity contribution in [2.24, 2.45) is 5.92 Å². The summed E-state index contributed by atoms with van der Waals surface area (Å²) in [5.41, 5.74) is -7.86. The Morgan fingerprint density at radius 2 is 1.36 bits per heavy atom. The molecule has 132 valence electrons. The summed E-state index contributed by atoms with van der Waals surface area (Å²) in [6, 6.07) is 0. The van der Waals surface area contributed by atoms with Gasteiger partial charge in [0.15, 0.2) is 11.9 Å². The Bertz CT molecular complexity index is 359. The Kier molecular flexibility index (Phi) is 5.43. The van der Waals surface area contributed by atoms with Gasteiger partial charge >= 0.3 is 12.4 Å². The largest absolute Gasteiger partial charge is 0.429 e. The highest BCUT2D eigenvalue weighted by atomic mass is 19.4. The maximum absolute atomic E-state index is 13.4. The van der Waals surface area contributed by atoms with E-state index in [1.54, 1.807) is 0 Å². The van der Waals surface area contributed by atoms with E-state index in [-0.39, 0.29) is 12.8 Å². The van der Waals surface area contributed by atoms with Crippen molar-refractivity contribution in [3.05, 3.63) is 0 Å². The first-order chi connectivity index (χ1) is 9.84. The van der Waals surface area contributed by atoms with Crippen molar-refractivity contribution >= 4 is 0 Å². The molecule has 0 aromatic carbocycles. The van der Waals surface area contributed by atoms with E-state index < -0.39 is 48.6 Å². The van der Waals surface area contributed by atoms with Crippen LogP contribution in [0.4, 0.5) is 26.3 Å². The lowest BCUT2D eigenvalue weighted by molar-refractivity contribution is -0.486. The minimum absolute atomic E-state index is 0.00436. The SMILES string of the molecule is CC(C)C(O)OC(C(F)(F)F)(C(F)(F)F)C1(OO)CCCC1. The molecule has 10 heteroatoms. The molecule has 0 aromatic heterocycles. The van der Waals surface area contributed by atoms with Gasteiger partial charge in [-0.1, -0.05) is 26.7 Å². The van der Waals surface area contributed by atoms with Gasteiger partial charge in [-0.15, -0.1) is 0 Å². The Labute approximate surface area is 122 Å². The van der Waals surface area contributed by atoms with Crippen LogP contribution in [0.25, 0.3) is 0 Å². The van der Waals surface area contributed by atoms with Crippen molar-refractivity contribution in [1.82, 2.24) is 0 Å². The summed E-state index contributed by atoms with van der Waals surface area (Å²) in [4.78, 5) is 3.72. The summed E-state index contributed by atoms with van der Waals surface area (Å²) in [6.07, 6.45) is -15.6. The van der Waals surface area contributed by atoms with Crippen molar-refractivity contribution in [2.75, 3.05) is 0 Å². The molecule has 22 heavy (non-hydrogen) atoms. The fraction of sp³-hybridized carbons (Fsp3) is 1.00. The lowest BCUT2D eigenvalue weighted by atomic mass is 9.79. The molecule has 0 bridgehead atoms. The highest BCUT2D eigenvalue weighted by Gasteiger charge is 2.83. The fourth-order valence-corrected chi connectivity index (χ4v) is 2.69. The first kappa shape index (κ1) is 19.5. The number of alkyl halides is 6. The van der Waals surface area contributed by atoms with Gasteiger partial charge in [-0.05, 0) is 12.8 Å². The Balaban J connectivity index is 3.53. The van der Waals surface area contributed by atoms with E-state index in [2.05, 4.69) is 9.62 Å². The minimum Gasteiger partial charge on any atom is -0.368 e. The third kappa shape index (κ3) is 2.93. The van der Waals surface area contributed by atoms with Crippen LogP contribution in [0.15, 0.2) is 0 Å². The summed E-state index contributed by atoms with van der Waals surface area (Å²) in [5.74, 6) is -1.03. The second kappa shape index (κ2) is 6.14. The quantitative estimate of drug-likeness (QED) is 0.347. The molecule has 1 fully saturated rings. The lowest BCUT2D eigenvalue weighted by Gasteiger charge is -2.48. The van der Waals surface area contributed by atoms with Crippen molar-refractivity contribution in [1.29, 1.82) is 0 Å². The molecule has 0 aliphatic heterocycles. The molecule has 1 rings (SSSR count). The molecule has 0 aromatic rings. The molecular formula is C12H18F6O4. The van der Waals surface area contributed by atoms with Crippen LogP contribution in [-0.2, 0) is 9.62 Å². The molecule has 2 N–H and O–H groups in total. The first-order valence-electron chi connectivity index (χ1n) is 6.66. The summed E-state index contributed by atoms with van der Waals surface area (Å²) in [7, 11) is 0. The minimum atomic E-state index is -5.95. The van der Waals surface area contributed by atoms with E-state index in [9.17, 15) is 31.4 Å². The summed E-state index contributed by atoms with van der Waals surface area (Å²) >= 11 is 0. The summed E-state index contributed by atoms with van der Waals surface area (Å²) in [6.45, 7) is 2.40. The molecule has 1 atom stereocenters. The normalized spacial score (nSPS) is 21.4. The molecule has 0 heterocycles. The number of halogens is 6.